The standard InChI is InChI=1S/C9H7Si/c1-8-3-2-4-9(7-8)5-6-10/h2-4,7H,1H3. The number of rotatable bonds is 0. The summed E-state index contributed by atoms with van der Waals surface area (Å²) in [5.41, 5.74) is 4.96. The van der Waals surface area contributed by atoms with E-state index in [0.717, 1.165) is 5.56 Å². The van der Waals surface area contributed by atoms with Crippen molar-refractivity contribution < 1.29 is 0 Å². The van der Waals surface area contributed by atoms with Crippen LogP contribution in [0, 0.1) is 18.4 Å². The van der Waals surface area contributed by atoms with E-state index in [1.807, 2.05) is 18.2 Å². The highest BCUT2D eigenvalue weighted by Gasteiger charge is 1.84. The fourth-order valence-corrected chi connectivity index (χ4v) is 0.939. The average Bonchev–Trinajstić information content (AvgIpc) is 1.88. The molecule has 0 saturated heterocycles. The zero-order chi connectivity index (χ0) is 7.40. The lowest BCUT2D eigenvalue weighted by Gasteiger charge is -1.90. The van der Waals surface area contributed by atoms with Gasteiger partial charge in [0.1, 0.15) is 10.2 Å². The maximum atomic E-state index is 3.09. The summed E-state index contributed by atoms with van der Waals surface area (Å²) >= 11 is 0. The van der Waals surface area contributed by atoms with E-state index in [2.05, 4.69) is 34.7 Å². The van der Waals surface area contributed by atoms with E-state index < -0.39 is 0 Å². The molecule has 1 aromatic rings. The van der Waals surface area contributed by atoms with Gasteiger partial charge in [0.05, 0.1) is 0 Å². The van der Waals surface area contributed by atoms with Gasteiger partial charge in [0.2, 0.25) is 0 Å². The number of benzene rings is 1. The first-order valence-electron chi connectivity index (χ1n) is 3.07. The van der Waals surface area contributed by atoms with Crippen LogP contribution in [0.25, 0.3) is 0 Å². The molecule has 0 unspecified atom stereocenters. The first-order chi connectivity index (χ1) is 4.83. The molecule has 0 fully saturated rings. The molecule has 0 aliphatic heterocycles. The second-order valence-corrected chi connectivity index (χ2v) is 2.37. The molecule has 0 N–H and O–H groups in total. The fraction of sp³-hybridized carbons (Fsp3) is 0.111. The summed E-state index contributed by atoms with van der Waals surface area (Å²) in [6.45, 7) is 2.05. The smallest absolute Gasteiger partial charge is 0.133 e. The summed E-state index contributed by atoms with van der Waals surface area (Å²) in [6, 6.07) is 8.09. The average molecular weight is 143 g/mol. The van der Waals surface area contributed by atoms with Crippen molar-refractivity contribution >= 4 is 10.2 Å². The molecule has 47 valence electrons. The first-order valence-corrected chi connectivity index (χ1v) is 3.57. The number of hydrogen-bond acceptors (Lipinski definition) is 0. The second kappa shape index (κ2) is 3.24. The van der Waals surface area contributed by atoms with Crippen molar-refractivity contribution in [2.24, 2.45) is 0 Å². The zero-order valence-electron chi connectivity index (χ0n) is 5.81. The maximum Gasteiger partial charge on any atom is 0.147 e. The monoisotopic (exact) mass is 143 g/mol. The molecule has 1 heteroatoms. The normalized spacial score (nSPS) is 8.20. The van der Waals surface area contributed by atoms with Gasteiger partial charge in [-0.3, -0.25) is 0 Å². The predicted octanol–water partition coefficient (Wildman–Crippen LogP) is 1.47. The van der Waals surface area contributed by atoms with E-state index in [-0.39, 0.29) is 0 Å². The minimum absolute atomic E-state index is 1.05. The molecular formula is C9H7Si. The summed E-state index contributed by atoms with van der Waals surface area (Å²) in [7, 11) is 3.09. The molecule has 1 aromatic carbocycles. The van der Waals surface area contributed by atoms with Gasteiger partial charge in [0.25, 0.3) is 0 Å². The molecule has 0 aliphatic rings. The topological polar surface area (TPSA) is 0 Å². The van der Waals surface area contributed by atoms with Gasteiger partial charge in [-0.25, -0.2) is 0 Å². The number of hydrogen-bond donors (Lipinski definition) is 0. The van der Waals surface area contributed by atoms with Gasteiger partial charge >= 0.3 is 0 Å². The van der Waals surface area contributed by atoms with Gasteiger partial charge in [0.15, 0.2) is 0 Å². The highest BCUT2D eigenvalue weighted by molar-refractivity contribution is 6.22. The third-order valence-corrected chi connectivity index (χ3v) is 1.35. The molecule has 0 bridgehead atoms. The van der Waals surface area contributed by atoms with E-state index in [4.69, 9.17) is 0 Å². The van der Waals surface area contributed by atoms with Crippen molar-refractivity contribution in [2.75, 3.05) is 0 Å². The molecule has 0 atom stereocenters. The van der Waals surface area contributed by atoms with Crippen LogP contribution in [0.1, 0.15) is 11.1 Å². The molecular weight excluding hydrogens is 136 g/mol. The van der Waals surface area contributed by atoms with Gasteiger partial charge in [0, 0.05) is 5.56 Å². The minimum Gasteiger partial charge on any atom is -0.133 e. The highest BCUT2D eigenvalue weighted by Crippen LogP contribution is 2.00. The number of aryl methyl sites for hydroxylation is 1. The summed E-state index contributed by atoms with van der Waals surface area (Å²) in [5, 5.41) is 0. The van der Waals surface area contributed by atoms with Crippen LogP contribution in [0.4, 0.5) is 0 Å². The lowest BCUT2D eigenvalue weighted by Crippen LogP contribution is -1.75. The van der Waals surface area contributed by atoms with Gasteiger partial charge < -0.3 is 0 Å². The Labute approximate surface area is 64.7 Å². The molecule has 0 heterocycles. The maximum absolute atomic E-state index is 3.09. The Morgan fingerprint density at radius 3 is 2.80 bits per heavy atom. The van der Waals surface area contributed by atoms with Crippen molar-refractivity contribution in [3.8, 4) is 11.5 Å². The highest BCUT2D eigenvalue weighted by atomic mass is 28.1. The molecule has 0 aliphatic carbocycles. The third kappa shape index (κ3) is 1.75. The molecule has 0 amide bonds. The van der Waals surface area contributed by atoms with E-state index in [1.54, 1.807) is 0 Å². The third-order valence-electron chi connectivity index (χ3n) is 1.22. The Balaban J connectivity index is 3.03. The molecule has 0 nitrogen and oxygen atoms in total. The SMILES string of the molecule is Cc1cccc(C#C[Si])c1. The predicted molar refractivity (Wildman–Crippen MR) is 43.8 cm³/mol. The van der Waals surface area contributed by atoms with Gasteiger partial charge in [-0.15, -0.1) is 5.54 Å². The first kappa shape index (κ1) is 7.11. The Morgan fingerprint density at radius 1 is 1.40 bits per heavy atom. The Bertz CT molecular complexity index is 278. The molecule has 1 rings (SSSR count). The Morgan fingerprint density at radius 2 is 2.20 bits per heavy atom. The van der Waals surface area contributed by atoms with E-state index in [9.17, 15) is 0 Å². The Hall–Kier alpha value is -1.00. The van der Waals surface area contributed by atoms with Gasteiger partial charge in [-0.1, -0.05) is 18.1 Å². The molecule has 10 heavy (non-hydrogen) atoms. The van der Waals surface area contributed by atoms with Gasteiger partial charge in [-0.05, 0) is 24.6 Å². The van der Waals surface area contributed by atoms with Crippen LogP contribution in [0.3, 0.4) is 0 Å². The zero-order valence-corrected chi connectivity index (χ0v) is 6.81. The molecule has 0 spiro atoms. The largest absolute Gasteiger partial charge is 0.147 e. The van der Waals surface area contributed by atoms with Crippen LogP contribution >= 0.6 is 0 Å². The quantitative estimate of drug-likeness (QED) is 0.381. The van der Waals surface area contributed by atoms with Gasteiger partial charge in [-0.2, -0.15) is 0 Å². The lowest BCUT2D eigenvalue weighted by molar-refractivity contribution is 1.46. The molecule has 0 saturated carbocycles. The van der Waals surface area contributed by atoms with Crippen LogP contribution in [-0.2, 0) is 0 Å². The van der Waals surface area contributed by atoms with Crippen molar-refractivity contribution in [1.29, 1.82) is 0 Å². The van der Waals surface area contributed by atoms with Crippen molar-refractivity contribution in [3.63, 3.8) is 0 Å². The Kier molecular flexibility index (Phi) is 2.30. The van der Waals surface area contributed by atoms with Crippen LogP contribution in [-0.4, -0.2) is 10.2 Å². The molecule has 0 aromatic heterocycles. The second-order valence-electron chi connectivity index (χ2n) is 2.12. The summed E-state index contributed by atoms with van der Waals surface area (Å²) in [5.74, 6) is 2.91. The lowest BCUT2D eigenvalue weighted by atomic mass is 10.1. The summed E-state index contributed by atoms with van der Waals surface area (Å²) in [6.07, 6.45) is 0. The van der Waals surface area contributed by atoms with Crippen molar-refractivity contribution in [3.05, 3.63) is 35.4 Å². The van der Waals surface area contributed by atoms with Crippen LogP contribution < -0.4 is 0 Å². The molecule has 3 radical (unpaired) electrons. The minimum atomic E-state index is 1.05. The van der Waals surface area contributed by atoms with E-state index >= 15 is 0 Å². The van der Waals surface area contributed by atoms with Crippen molar-refractivity contribution in [1.82, 2.24) is 0 Å². The van der Waals surface area contributed by atoms with E-state index in [0.29, 0.717) is 0 Å². The van der Waals surface area contributed by atoms with Crippen molar-refractivity contribution in [2.45, 2.75) is 6.92 Å². The van der Waals surface area contributed by atoms with Crippen LogP contribution in [0.15, 0.2) is 24.3 Å². The van der Waals surface area contributed by atoms with Crippen LogP contribution in [0.5, 0.6) is 0 Å². The van der Waals surface area contributed by atoms with E-state index in [1.165, 1.54) is 5.56 Å². The van der Waals surface area contributed by atoms with Crippen LogP contribution in [0.2, 0.25) is 0 Å². The summed E-state index contributed by atoms with van der Waals surface area (Å²) in [4.78, 5) is 0. The fourth-order valence-electron chi connectivity index (χ4n) is 0.795. The summed E-state index contributed by atoms with van der Waals surface area (Å²) < 4.78 is 0.